The molecular weight excluding hydrogens is 913 g/mol. The smallest absolute Gasteiger partial charge is 0.417 e. The molecule has 2 aromatic carbocycles. The van der Waals surface area contributed by atoms with Gasteiger partial charge in [-0.25, -0.2) is 24.4 Å². The lowest BCUT2D eigenvalue weighted by Gasteiger charge is -2.33. The van der Waals surface area contributed by atoms with E-state index in [0.29, 0.717) is 5.57 Å². The molecule has 5 heterocycles. The first-order valence-electron chi connectivity index (χ1n) is 21.2. The molecule has 0 aliphatic carbocycles. The Hall–Kier alpha value is -6.23. The van der Waals surface area contributed by atoms with Crippen LogP contribution in [0.2, 0.25) is 0 Å². The van der Waals surface area contributed by atoms with Gasteiger partial charge >= 0.3 is 17.9 Å². The predicted molar refractivity (Wildman–Crippen MR) is 247 cm³/mol. The van der Waals surface area contributed by atoms with Crippen LogP contribution < -0.4 is 28.7 Å². The van der Waals surface area contributed by atoms with Gasteiger partial charge in [0.2, 0.25) is 0 Å². The Labute approximate surface area is 394 Å². The van der Waals surface area contributed by atoms with Crippen LogP contribution in [-0.2, 0) is 9.47 Å². The van der Waals surface area contributed by atoms with Crippen LogP contribution in [0.25, 0.3) is 0 Å². The number of aliphatic hydroxyl groups is 2. The number of pyridine rings is 1. The van der Waals surface area contributed by atoms with E-state index in [2.05, 4.69) is 18.1 Å². The highest BCUT2D eigenvalue weighted by Crippen LogP contribution is 2.45. The molecule has 0 bridgehead atoms. The minimum Gasteiger partial charge on any atom is -0.493 e. The predicted octanol–water partition coefficient (Wildman–Crippen LogP) is 6.57. The number of rotatable bonds is 14. The molecule has 5 atom stereocenters. The Balaban J connectivity index is 1.08. The lowest BCUT2D eigenvalue weighted by Crippen LogP contribution is -2.51. The van der Waals surface area contributed by atoms with Crippen LogP contribution in [0.3, 0.4) is 0 Å². The summed E-state index contributed by atoms with van der Waals surface area (Å²) < 4.78 is 35.0. The van der Waals surface area contributed by atoms with Gasteiger partial charge in [-0.3, -0.25) is 19.7 Å². The lowest BCUT2D eigenvalue weighted by molar-refractivity contribution is -0.388. The second kappa shape index (κ2) is 19.9. The zero-order valence-electron chi connectivity index (χ0n) is 37.8. The Morgan fingerprint density at radius 2 is 1.37 bits per heavy atom. The number of ether oxygens (including phenoxy) is 6. The molecule has 0 radical (unpaired) electrons. The van der Waals surface area contributed by atoms with Crippen molar-refractivity contribution in [3.8, 4) is 23.0 Å². The van der Waals surface area contributed by atoms with E-state index in [4.69, 9.17) is 28.4 Å². The quantitative estimate of drug-likeness (QED) is 0.0571. The van der Waals surface area contributed by atoms with Crippen molar-refractivity contribution in [3.05, 3.63) is 88.1 Å². The molecule has 358 valence electrons. The summed E-state index contributed by atoms with van der Waals surface area (Å²) >= 11 is 0. The van der Waals surface area contributed by atoms with Crippen molar-refractivity contribution in [1.29, 1.82) is 0 Å². The number of anilines is 2. The fourth-order valence-electron chi connectivity index (χ4n) is 8.10. The highest BCUT2D eigenvalue weighted by atomic mass is 33.1. The van der Waals surface area contributed by atoms with Gasteiger partial charge in [0.15, 0.2) is 40.5 Å². The fraction of sp³-hybridized carbons (Fsp3) is 0.444. The Kier molecular flexibility index (Phi) is 14.5. The number of fused-ring (bicyclic) bond motifs is 4. The molecule has 7 rings (SSSR count). The maximum atomic E-state index is 14.1. The molecule has 2 fully saturated rings. The van der Waals surface area contributed by atoms with E-state index in [-0.39, 0.29) is 114 Å². The highest BCUT2D eigenvalue weighted by Gasteiger charge is 2.48. The summed E-state index contributed by atoms with van der Waals surface area (Å²) in [6, 6.07) is 6.98. The van der Waals surface area contributed by atoms with Gasteiger partial charge in [-0.15, -0.1) is 0 Å². The van der Waals surface area contributed by atoms with Crippen molar-refractivity contribution in [3.63, 3.8) is 0 Å². The second-order valence-electron chi connectivity index (χ2n) is 17.2. The fourth-order valence-corrected chi connectivity index (χ4v) is 10.1. The average molecular weight is 965 g/mol. The topological polar surface area (TPSA) is 233 Å². The number of aromatic nitrogens is 1. The third-order valence-electron chi connectivity index (χ3n) is 11.1. The molecule has 1 unspecified atom stereocenters. The first kappa shape index (κ1) is 48.7. The zero-order valence-corrected chi connectivity index (χ0v) is 39.4. The first-order valence-corrected chi connectivity index (χ1v) is 23.4. The number of hydrogen-bond donors (Lipinski definition) is 2. The highest BCUT2D eigenvalue weighted by molar-refractivity contribution is 8.77. The van der Waals surface area contributed by atoms with Crippen LogP contribution >= 0.6 is 21.6 Å². The van der Waals surface area contributed by atoms with Crippen molar-refractivity contribution in [2.45, 2.75) is 87.4 Å². The summed E-state index contributed by atoms with van der Waals surface area (Å²) in [5, 5.41) is 34.7. The number of amides is 4. The molecule has 2 saturated heterocycles. The lowest BCUT2D eigenvalue weighted by atomic mass is 10.1. The van der Waals surface area contributed by atoms with E-state index in [1.54, 1.807) is 27.7 Å². The maximum absolute atomic E-state index is 14.1. The number of aliphatic hydroxyl groups excluding tert-OH is 2. The summed E-state index contributed by atoms with van der Waals surface area (Å²) in [6.07, 6.45) is -2.62. The molecule has 4 aliphatic rings. The van der Waals surface area contributed by atoms with Crippen molar-refractivity contribution >= 4 is 62.7 Å². The molecule has 0 spiro atoms. The van der Waals surface area contributed by atoms with Gasteiger partial charge in [0.1, 0.15) is 12.2 Å². The SMILES string of the molecule is C=C1C[C@H]2C(O)N(C(=O)OC[C@@H](C)SSc3ncccc3[N+](=O)[O-])c3cc(OCCCOc4cc5c(cc4OC)C(=O)N4CC(=C)C[C@H]4[C@H](O)N5C(=O)OC(C)(C)C)c(OC)cc3C(=O)N2C1. The van der Waals surface area contributed by atoms with Gasteiger partial charge in [-0.1, -0.05) is 35.1 Å². The van der Waals surface area contributed by atoms with E-state index in [0.717, 1.165) is 26.2 Å². The summed E-state index contributed by atoms with van der Waals surface area (Å²) in [7, 11) is 5.07. The van der Waals surface area contributed by atoms with Crippen molar-refractivity contribution in [2.75, 3.05) is 56.9 Å². The summed E-state index contributed by atoms with van der Waals surface area (Å²) in [5.41, 5.74) is 0.565. The van der Waals surface area contributed by atoms with Crippen LogP contribution in [0.15, 0.2) is 71.9 Å². The van der Waals surface area contributed by atoms with E-state index >= 15 is 0 Å². The average Bonchev–Trinajstić information content (AvgIpc) is 3.85. The van der Waals surface area contributed by atoms with Gasteiger partial charge in [-0.2, -0.15) is 0 Å². The van der Waals surface area contributed by atoms with Crippen LogP contribution in [0.5, 0.6) is 23.0 Å². The third-order valence-corrected chi connectivity index (χ3v) is 13.9. The molecule has 22 heteroatoms. The molecule has 0 saturated carbocycles. The Morgan fingerprint density at radius 3 is 1.85 bits per heavy atom. The van der Waals surface area contributed by atoms with Crippen LogP contribution in [-0.4, -0.2) is 136 Å². The summed E-state index contributed by atoms with van der Waals surface area (Å²) in [4.78, 5) is 75.7. The minimum atomic E-state index is -1.55. The number of nitrogens with zero attached hydrogens (tertiary/aromatic N) is 6. The molecule has 1 aromatic heterocycles. The van der Waals surface area contributed by atoms with E-state index < -0.39 is 59.1 Å². The third kappa shape index (κ3) is 10.2. The minimum absolute atomic E-state index is 0.0131. The van der Waals surface area contributed by atoms with E-state index in [1.807, 2.05) is 0 Å². The van der Waals surface area contributed by atoms with Crippen LogP contribution in [0.4, 0.5) is 26.7 Å². The molecule has 4 aliphatic heterocycles. The molecule has 67 heavy (non-hydrogen) atoms. The summed E-state index contributed by atoms with van der Waals surface area (Å²) in [5.74, 6) is -0.239. The van der Waals surface area contributed by atoms with E-state index in [9.17, 15) is 39.5 Å². The number of carbonyl (C=O) groups is 4. The van der Waals surface area contributed by atoms with Gasteiger partial charge < -0.3 is 48.4 Å². The first-order chi connectivity index (χ1) is 31.8. The molecule has 2 N–H and O–H groups in total. The van der Waals surface area contributed by atoms with Gasteiger partial charge in [-0.05, 0) is 69.5 Å². The Bertz CT molecular complexity index is 2480. The number of hydrogen-bond acceptors (Lipinski definition) is 17. The van der Waals surface area contributed by atoms with Gasteiger partial charge in [0.25, 0.3) is 11.8 Å². The number of methoxy groups -OCH3 is 2. The summed E-state index contributed by atoms with van der Waals surface area (Å²) in [6.45, 7) is 15.1. The number of benzene rings is 2. The Morgan fingerprint density at radius 1 is 0.866 bits per heavy atom. The van der Waals surface area contributed by atoms with Gasteiger partial charge in [0, 0.05) is 49.2 Å². The molecule has 4 amide bonds. The van der Waals surface area contributed by atoms with Crippen molar-refractivity contribution in [2.24, 2.45) is 0 Å². The maximum Gasteiger partial charge on any atom is 0.417 e. The largest absolute Gasteiger partial charge is 0.493 e. The van der Waals surface area contributed by atoms with Crippen molar-refractivity contribution < 1.29 is 62.7 Å². The molecular formula is C45H52N6O14S2. The molecule has 20 nitrogen and oxygen atoms in total. The van der Waals surface area contributed by atoms with Crippen LogP contribution in [0, 0.1) is 10.1 Å². The normalized spacial score (nSPS) is 20.5. The van der Waals surface area contributed by atoms with Crippen molar-refractivity contribution in [1.82, 2.24) is 14.8 Å². The number of carbonyl (C=O) groups excluding carboxylic acids is 4. The standard InChI is InChI=1S/C45H52N6O14S2/c1-24-15-32-41(54)49(43(56)64-23-26(3)66-67-38-29(51(58)59)11-9-12-46-38)30-19-36(34(60-7)17-27(30)39(52)47(32)21-24)62-13-10-14-63-37-20-31-28(18-35(37)61-8)40(53)48-22-25(2)16-33(48)42(55)50(31)44(57)65-45(4,5)6/h9,11-12,17-20,26,32-33,41-42,54-55H,1-2,10,13-16,21-23H2,3-8H3/t26-,32+,33+,41?,42+/m1/s1. The van der Waals surface area contributed by atoms with E-state index in [1.165, 1.54) is 77.4 Å². The zero-order chi connectivity index (χ0) is 48.5. The number of nitro groups is 1. The second-order valence-corrected chi connectivity index (χ2v) is 19.8. The van der Waals surface area contributed by atoms with Gasteiger partial charge in [0.05, 0.1) is 66.9 Å². The molecule has 3 aromatic rings. The monoisotopic (exact) mass is 964 g/mol. The van der Waals surface area contributed by atoms with Crippen LogP contribution in [0.1, 0.15) is 67.7 Å².